The number of hydrogen-bond acceptors (Lipinski definition) is 7. The molecule has 2 amide bonds. The molecule has 0 saturated carbocycles. The van der Waals surface area contributed by atoms with Crippen molar-refractivity contribution >= 4 is 29.4 Å². The summed E-state index contributed by atoms with van der Waals surface area (Å²) >= 11 is 6.28. The highest BCUT2D eigenvalue weighted by atomic mass is 35.5. The first-order valence-corrected chi connectivity index (χ1v) is 12.0. The highest BCUT2D eigenvalue weighted by Gasteiger charge is 2.32. The highest BCUT2D eigenvalue weighted by Crippen LogP contribution is 2.33. The average Bonchev–Trinajstić information content (AvgIpc) is 3.19. The summed E-state index contributed by atoms with van der Waals surface area (Å²) in [6.07, 6.45) is 1.41. The van der Waals surface area contributed by atoms with Crippen LogP contribution in [-0.4, -0.2) is 58.1 Å². The summed E-state index contributed by atoms with van der Waals surface area (Å²) in [6.45, 7) is 3.14. The molecule has 2 heterocycles. The number of hydrogen-bond donors (Lipinski definition) is 3. The van der Waals surface area contributed by atoms with Gasteiger partial charge in [-0.15, -0.1) is 0 Å². The molecule has 9 nitrogen and oxygen atoms in total. The maximum atomic E-state index is 15.1. The topological polar surface area (TPSA) is 117 Å². The summed E-state index contributed by atoms with van der Waals surface area (Å²) in [6, 6.07) is 9.12. The van der Waals surface area contributed by atoms with Gasteiger partial charge in [0.15, 0.2) is 0 Å². The van der Waals surface area contributed by atoms with Gasteiger partial charge in [-0.2, -0.15) is 0 Å². The smallest absolute Gasteiger partial charge is 0.255 e. The molecule has 0 spiro atoms. The van der Waals surface area contributed by atoms with E-state index < -0.39 is 23.7 Å². The molecule has 2 aromatic carbocycles. The summed E-state index contributed by atoms with van der Waals surface area (Å²) in [5.41, 5.74) is 1.60. The van der Waals surface area contributed by atoms with Gasteiger partial charge < -0.3 is 25.4 Å². The Balaban J connectivity index is 1.52. The van der Waals surface area contributed by atoms with Gasteiger partial charge in [0.1, 0.15) is 18.1 Å². The lowest BCUT2D eigenvalue weighted by Crippen LogP contribution is -2.40. The van der Waals surface area contributed by atoms with Crippen LogP contribution in [-0.2, 0) is 11.3 Å². The lowest BCUT2D eigenvalue weighted by Gasteiger charge is -2.20. The molecule has 0 bridgehead atoms. The molecular weight excluding hydrogens is 501 g/mol. The van der Waals surface area contributed by atoms with E-state index in [0.717, 1.165) is 0 Å². The number of ether oxygens (including phenoxy) is 1. The van der Waals surface area contributed by atoms with E-state index in [1.165, 1.54) is 30.3 Å². The lowest BCUT2D eigenvalue weighted by molar-refractivity contribution is -0.122. The zero-order valence-corrected chi connectivity index (χ0v) is 21.3. The van der Waals surface area contributed by atoms with Gasteiger partial charge in [-0.25, -0.2) is 14.4 Å². The van der Waals surface area contributed by atoms with Crippen LogP contribution in [0.3, 0.4) is 0 Å². The molecule has 0 saturated heterocycles. The van der Waals surface area contributed by atoms with E-state index in [4.69, 9.17) is 16.3 Å². The van der Waals surface area contributed by atoms with Crippen molar-refractivity contribution in [2.24, 2.45) is 0 Å². The summed E-state index contributed by atoms with van der Waals surface area (Å²) < 4.78 is 20.3. The first-order valence-electron chi connectivity index (χ1n) is 11.7. The Morgan fingerprint density at radius 3 is 2.78 bits per heavy atom. The van der Waals surface area contributed by atoms with Crippen molar-refractivity contribution in [1.82, 2.24) is 20.2 Å². The molecular formula is C26H27ClFN5O4. The Labute approximate surface area is 218 Å². The lowest BCUT2D eigenvalue weighted by atomic mass is 10.0. The Hall–Kier alpha value is -3.76. The number of fused-ring (bicyclic) bond motifs is 1. The fourth-order valence-electron chi connectivity index (χ4n) is 4.09. The van der Waals surface area contributed by atoms with Crippen LogP contribution in [0.1, 0.15) is 41.4 Å². The van der Waals surface area contributed by atoms with Crippen molar-refractivity contribution in [3.63, 3.8) is 0 Å². The molecule has 3 aromatic rings. The quantitative estimate of drug-likeness (QED) is 0.389. The molecule has 11 heteroatoms. The number of rotatable bonds is 9. The average molecular weight is 528 g/mol. The zero-order valence-electron chi connectivity index (χ0n) is 20.6. The minimum atomic E-state index is -0.695. The SMILES string of the molecule is COc1cccc([C@@H](CO)NC(=O)CN2Cc3c(F)cc(-c4nc(NC(C)C)ncc4Cl)cc3C2=O)c1. The van der Waals surface area contributed by atoms with Crippen LogP contribution in [0.15, 0.2) is 42.6 Å². The third-order valence-electron chi connectivity index (χ3n) is 5.85. The van der Waals surface area contributed by atoms with E-state index in [-0.39, 0.29) is 47.6 Å². The standard InChI is InChI=1S/C26H27ClFN5O4/c1-14(2)30-26-29-10-20(27)24(32-26)16-8-18-19(21(28)9-16)11-33(25(18)36)12-23(35)31-22(13-34)15-5-4-6-17(7-15)37-3/h4-10,14,22,34H,11-13H2,1-3H3,(H,31,35)(H,29,30,32)/t22-/m1/s1. The molecule has 1 aromatic heterocycles. The molecule has 1 atom stereocenters. The van der Waals surface area contributed by atoms with E-state index in [9.17, 15) is 14.7 Å². The van der Waals surface area contributed by atoms with Crippen molar-refractivity contribution in [2.45, 2.75) is 32.5 Å². The number of benzene rings is 2. The summed E-state index contributed by atoms with van der Waals surface area (Å²) in [4.78, 5) is 35.6. The van der Waals surface area contributed by atoms with Crippen molar-refractivity contribution in [1.29, 1.82) is 0 Å². The normalized spacial score (nSPS) is 13.5. The van der Waals surface area contributed by atoms with E-state index >= 15 is 4.39 Å². The number of nitrogens with one attached hydrogen (secondary N) is 2. The predicted molar refractivity (Wildman–Crippen MR) is 137 cm³/mol. The fourth-order valence-corrected chi connectivity index (χ4v) is 4.29. The number of aromatic nitrogens is 2. The number of nitrogens with zero attached hydrogens (tertiary/aromatic N) is 3. The van der Waals surface area contributed by atoms with Gasteiger partial charge >= 0.3 is 0 Å². The van der Waals surface area contributed by atoms with E-state index in [1.54, 1.807) is 24.3 Å². The number of aliphatic hydroxyl groups is 1. The van der Waals surface area contributed by atoms with Gasteiger partial charge in [-0.3, -0.25) is 9.59 Å². The number of anilines is 1. The van der Waals surface area contributed by atoms with Crippen LogP contribution >= 0.6 is 11.6 Å². The third-order valence-corrected chi connectivity index (χ3v) is 6.12. The molecule has 1 aliphatic rings. The predicted octanol–water partition coefficient (Wildman–Crippen LogP) is 3.57. The maximum Gasteiger partial charge on any atom is 0.255 e. The minimum absolute atomic E-state index is 0.0612. The van der Waals surface area contributed by atoms with Gasteiger partial charge in [-0.1, -0.05) is 23.7 Å². The number of carbonyl (C=O) groups is 2. The fraction of sp³-hybridized carbons (Fsp3) is 0.308. The van der Waals surface area contributed by atoms with Crippen LogP contribution in [0, 0.1) is 5.82 Å². The number of carbonyl (C=O) groups excluding carboxylic acids is 2. The Bertz CT molecular complexity index is 1340. The maximum absolute atomic E-state index is 15.1. The van der Waals surface area contributed by atoms with Crippen molar-refractivity contribution < 1.29 is 23.8 Å². The number of halogens is 2. The Morgan fingerprint density at radius 1 is 1.30 bits per heavy atom. The van der Waals surface area contributed by atoms with Gasteiger partial charge in [0.25, 0.3) is 5.91 Å². The first kappa shape index (κ1) is 26.3. The largest absolute Gasteiger partial charge is 0.497 e. The van der Waals surface area contributed by atoms with Crippen molar-refractivity contribution in [2.75, 3.05) is 25.6 Å². The van der Waals surface area contributed by atoms with Crippen LogP contribution in [0.2, 0.25) is 5.02 Å². The minimum Gasteiger partial charge on any atom is -0.497 e. The number of aliphatic hydroxyl groups excluding tert-OH is 1. The summed E-state index contributed by atoms with van der Waals surface area (Å²) in [7, 11) is 1.52. The molecule has 1 aliphatic heterocycles. The van der Waals surface area contributed by atoms with Crippen LogP contribution in [0.25, 0.3) is 11.3 Å². The van der Waals surface area contributed by atoms with Crippen molar-refractivity contribution in [3.8, 4) is 17.0 Å². The molecule has 0 fully saturated rings. The second kappa shape index (κ2) is 11.1. The second-order valence-electron chi connectivity index (χ2n) is 8.91. The van der Waals surface area contributed by atoms with E-state index in [1.807, 2.05) is 13.8 Å². The van der Waals surface area contributed by atoms with E-state index in [2.05, 4.69) is 20.6 Å². The second-order valence-corrected chi connectivity index (χ2v) is 9.32. The van der Waals surface area contributed by atoms with Crippen LogP contribution < -0.4 is 15.4 Å². The van der Waals surface area contributed by atoms with Gasteiger partial charge in [0.2, 0.25) is 11.9 Å². The summed E-state index contributed by atoms with van der Waals surface area (Å²) in [5.74, 6) is -0.668. The van der Waals surface area contributed by atoms with Gasteiger partial charge in [0.05, 0.1) is 43.2 Å². The highest BCUT2D eigenvalue weighted by molar-refractivity contribution is 6.33. The van der Waals surface area contributed by atoms with Crippen LogP contribution in [0.4, 0.5) is 10.3 Å². The monoisotopic (exact) mass is 527 g/mol. The van der Waals surface area contributed by atoms with E-state index in [0.29, 0.717) is 22.8 Å². The van der Waals surface area contributed by atoms with Crippen LogP contribution in [0.5, 0.6) is 5.75 Å². The summed E-state index contributed by atoms with van der Waals surface area (Å²) in [5, 5.41) is 15.8. The first-order chi connectivity index (χ1) is 17.7. The molecule has 3 N–H and O–H groups in total. The number of methoxy groups -OCH3 is 1. The zero-order chi connectivity index (χ0) is 26.7. The Morgan fingerprint density at radius 2 is 2.08 bits per heavy atom. The number of amides is 2. The molecule has 0 radical (unpaired) electrons. The molecule has 0 unspecified atom stereocenters. The molecule has 37 heavy (non-hydrogen) atoms. The van der Waals surface area contributed by atoms with Gasteiger partial charge in [-0.05, 0) is 43.7 Å². The molecule has 4 rings (SSSR count). The molecule has 194 valence electrons. The Kier molecular flexibility index (Phi) is 7.89. The third kappa shape index (κ3) is 5.81. The van der Waals surface area contributed by atoms with Gasteiger partial charge in [0, 0.05) is 22.7 Å². The van der Waals surface area contributed by atoms with Crippen molar-refractivity contribution in [3.05, 3.63) is 70.1 Å². The molecule has 0 aliphatic carbocycles.